The third-order valence-corrected chi connectivity index (χ3v) is 6.22. The number of H-pyrrole nitrogens is 1. The number of benzene rings is 2. The van der Waals surface area contributed by atoms with Gasteiger partial charge in [-0.1, -0.05) is 26.0 Å². The molecule has 0 spiro atoms. The number of imidazole rings is 1. The van der Waals surface area contributed by atoms with Crippen LogP contribution in [0.4, 0.5) is 9.18 Å². The number of rotatable bonds is 8. The van der Waals surface area contributed by atoms with E-state index in [9.17, 15) is 14.0 Å². The van der Waals surface area contributed by atoms with Crippen LogP contribution in [0.25, 0.3) is 11.3 Å². The number of carbonyl (C=O) groups excluding carboxylic acids is 2. The number of amides is 3. The molecule has 34 heavy (non-hydrogen) atoms. The zero-order valence-electron chi connectivity index (χ0n) is 18.6. The summed E-state index contributed by atoms with van der Waals surface area (Å²) < 4.78 is 20.6. The SMILES string of the molecule is CC(C)[C@@H](c1ncc(-c2ccc(I)cc2F)[nH]1)N1C(=O)NC(c2ccc(OCCO)cc2)C1=O. The number of aliphatic hydroxyl groups is 1. The second-order valence-corrected chi connectivity index (χ2v) is 9.47. The summed E-state index contributed by atoms with van der Waals surface area (Å²) in [5, 5.41) is 11.6. The number of nitrogens with zero attached hydrogens (tertiary/aromatic N) is 2. The van der Waals surface area contributed by atoms with Crippen molar-refractivity contribution in [2.75, 3.05) is 13.2 Å². The molecule has 1 aromatic heterocycles. The molecule has 3 amide bonds. The lowest BCUT2D eigenvalue weighted by molar-refractivity contribution is -0.130. The first kappa shape index (κ1) is 24.1. The minimum Gasteiger partial charge on any atom is -0.491 e. The maximum absolute atomic E-state index is 14.5. The normalized spacial score (nSPS) is 16.8. The topological polar surface area (TPSA) is 108 Å². The first-order valence-corrected chi connectivity index (χ1v) is 11.9. The van der Waals surface area contributed by atoms with E-state index in [0.29, 0.717) is 28.4 Å². The van der Waals surface area contributed by atoms with E-state index in [2.05, 4.69) is 15.3 Å². The van der Waals surface area contributed by atoms with Crippen molar-refractivity contribution >= 4 is 34.5 Å². The van der Waals surface area contributed by atoms with Crippen molar-refractivity contribution in [1.29, 1.82) is 0 Å². The molecule has 3 aromatic rings. The molecule has 1 unspecified atom stereocenters. The molecule has 8 nitrogen and oxygen atoms in total. The van der Waals surface area contributed by atoms with Crippen LogP contribution in [0.2, 0.25) is 0 Å². The van der Waals surface area contributed by atoms with Crippen LogP contribution < -0.4 is 10.1 Å². The van der Waals surface area contributed by atoms with Crippen LogP contribution in [0.15, 0.2) is 48.7 Å². The maximum Gasteiger partial charge on any atom is 0.325 e. The van der Waals surface area contributed by atoms with Gasteiger partial charge in [-0.15, -0.1) is 0 Å². The second kappa shape index (κ2) is 10.1. The third kappa shape index (κ3) is 4.78. The Morgan fingerprint density at radius 3 is 2.59 bits per heavy atom. The van der Waals surface area contributed by atoms with E-state index in [1.54, 1.807) is 36.4 Å². The average molecular weight is 578 g/mol. The molecule has 3 N–H and O–H groups in total. The van der Waals surface area contributed by atoms with Gasteiger partial charge >= 0.3 is 6.03 Å². The van der Waals surface area contributed by atoms with Crippen molar-refractivity contribution in [3.05, 3.63) is 69.4 Å². The summed E-state index contributed by atoms with van der Waals surface area (Å²) in [6.07, 6.45) is 1.51. The van der Waals surface area contributed by atoms with E-state index in [0.717, 1.165) is 3.57 Å². The van der Waals surface area contributed by atoms with Crippen LogP contribution in [-0.2, 0) is 4.79 Å². The number of carbonyl (C=O) groups is 2. The number of aromatic amines is 1. The molecule has 0 saturated carbocycles. The molecule has 2 aromatic carbocycles. The monoisotopic (exact) mass is 578 g/mol. The Hall–Kier alpha value is -2.99. The molecular formula is C24H24FIN4O4. The zero-order valence-corrected chi connectivity index (χ0v) is 20.7. The lowest BCUT2D eigenvalue weighted by atomic mass is 10.0. The van der Waals surface area contributed by atoms with Gasteiger partial charge < -0.3 is 20.1 Å². The summed E-state index contributed by atoms with van der Waals surface area (Å²) in [4.78, 5) is 34.9. The Labute approximate surface area is 209 Å². The van der Waals surface area contributed by atoms with Crippen LogP contribution >= 0.6 is 22.6 Å². The highest BCUT2D eigenvalue weighted by atomic mass is 127. The van der Waals surface area contributed by atoms with Gasteiger partial charge in [-0.05, 0) is 64.4 Å². The van der Waals surface area contributed by atoms with Crippen LogP contribution in [0.5, 0.6) is 5.75 Å². The molecule has 10 heteroatoms. The number of halogens is 2. The van der Waals surface area contributed by atoms with Gasteiger partial charge in [-0.25, -0.2) is 14.2 Å². The zero-order chi connectivity index (χ0) is 24.4. The number of imide groups is 1. The molecule has 4 rings (SSSR count). The highest BCUT2D eigenvalue weighted by Gasteiger charge is 2.45. The second-order valence-electron chi connectivity index (χ2n) is 8.23. The van der Waals surface area contributed by atoms with Crippen molar-refractivity contribution in [2.45, 2.75) is 25.9 Å². The van der Waals surface area contributed by atoms with Crippen molar-refractivity contribution < 1.29 is 23.8 Å². The maximum atomic E-state index is 14.5. The molecule has 0 bridgehead atoms. The molecule has 1 saturated heterocycles. The fourth-order valence-corrected chi connectivity index (χ4v) is 4.42. The minimum absolute atomic E-state index is 0.102. The number of nitrogens with one attached hydrogen (secondary N) is 2. The fourth-order valence-electron chi connectivity index (χ4n) is 3.97. The Balaban J connectivity index is 1.59. The number of hydrogen-bond donors (Lipinski definition) is 3. The number of aromatic nitrogens is 2. The van der Waals surface area contributed by atoms with Gasteiger partial charge in [-0.3, -0.25) is 9.69 Å². The Bertz CT molecular complexity index is 1200. The number of urea groups is 1. The molecule has 2 atom stereocenters. The van der Waals surface area contributed by atoms with Crippen molar-refractivity contribution in [3.63, 3.8) is 0 Å². The molecule has 0 radical (unpaired) electrons. The van der Waals surface area contributed by atoms with E-state index in [1.807, 2.05) is 36.4 Å². The van der Waals surface area contributed by atoms with Crippen molar-refractivity contribution in [1.82, 2.24) is 20.2 Å². The van der Waals surface area contributed by atoms with E-state index < -0.39 is 24.0 Å². The summed E-state index contributed by atoms with van der Waals surface area (Å²) in [5.74, 6) is 0.0244. The fraction of sp³-hybridized carbons (Fsp3) is 0.292. The molecule has 1 fully saturated rings. The number of aliphatic hydroxyl groups excluding tert-OH is 1. The highest BCUT2D eigenvalue weighted by molar-refractivity contribution is 14.1. The van der Waals surface area contributed by atoms with Gasteiger partial charge in [0.05, 0.1) is 18.5 Å². The molecule has 178 valence electrons. The lowest BCUT2D eigenvalue weighted by Crippen LogP contribution is -2.38. The molecular weight excluding hydrogens is 554 g/mol. The summed E-state index contributed by atoms with van der Waals surface area (Å²) in [5.41, 5.74) is 1.44. The average Bonchev–Trinajstić information content (AvgIpc) is 3.38. The van der Waals surface area contributed by atoms with E-state index in [-0.39, 0.29) is 24.9 Å². The molecule has 1 aliphatic heterocycles. The van der Waals surface area contributed by atoms with Crippen molar-refractivity contribution in [2.24, 2.45) is 5.92 Å². The minimum atomic E-state index is -0.844. The quantitative estimate of drug-likeness (QED) is 0.275. The molecule has 2 heterocycles. The van der Waals surface area contributed by atoms with Gasteiger partial charge in [0.15, 0.2) is 0 Å². The van der Waals surface area contributed by atoms with E-state index in [1.165, 1.54) is 17.2 Å². The first-order chi connectivity index (χ1) is 16.3. The number of hydrogen-bond acceptors (Lipinski definition) is 5. The van der Waals surface area contributed by atoms with Gasteiger partial charge in [0.25, 0.3) is 5.91 Å². The summed E-state index contributed by atoms with van der Waals surface area (Å²) in [7, 11) is 0. The molecule has 1 aliphatic rings. The lowest BCUT2D eigenvalue weighted by Gasteiger charge is -2.27. The molecule has 0 aliphatic carbocycles. The van der Waals surface area contributed by atoms with Crippen LogP contribution in [-0.4, -0.2) is 45.1 Å². The third-order valence-electron chi connectivity index (χ3n) is 5.55. The first-order valence-electron chi connectivity index (χ1n) is 10.8. The largest absolute Gasteiger partial charge is 0.491 e. The van der Waals surface area contributed by atoms with E-state index >= 15 is 0 Å². The Morgan fingerprint density at radius 1 is 1.21 bits per heavy atom. The highest BCUT2D eigenvalue weighted by Crippen LogP contribution is 2.35. The predicted molar refractivity (Wildman–Crippen MR) is 131 cm³/mol. The Morgan fingerprint density at radius 2 is 1.94 bits per heavy atom. The summed E-state index contributed by atoms with van der Waals surface area (Å²) in [6.45, 7) is 3.84. The van der Waals surface area contributed by atoms with Gasteiger partial charge in [-0.2, -0.15) is 0 Å². The Kier molecular flexibility index (Phi) is 7.17. The van der Waals surface area contributed by atoms with Gasteiger partial charge in [0.1, 0.15) is 36.1 Å². The van der Waals surface area contributed by atoms with Crippen molar-refractivity contribution in [3.8, 4) is 17.0 Å². The summed E-state index contributed by atoms with van der Waals surface area (Å²) in [6, 6.07) is 9.63. The van der Waals surface area contributed by atoms with E-state index in [4.69, 9.17) is 9.84 Å². The summed E-state index contributed by atoms with van der Waals surface area (Å²) >= 11 is 2.04. The van der Waals surface area contributed by atoms with Crippen LogP contribution in [0.3, 0.4) is 0 Å². The predicted octanol–water partition coefficient (Wildman–Crippen LogP) is 4.18. The number of ether oxygens (including phenoxy) is 1. The van der Waals surface area contributed by atoms with Crippen LogP contribution in [0, 0.1) is 15.3 Å². The smallest absolute Gasteiger partial charge is 0.325 e. The van der Waals surface area contributed by atoms with Gasteiger partial charge in [0.2, 0.25) is 0 Å². The van der Waals surface area contributed by atoms with Gasteiger partial charge in [0, 0.05) is 9.13 Å². The van der Waals surface area contributed by atoms with Crippen LogP contribution in [0.1, 0.15) is 37.3 Å². The standard InChI is InChI=1S/C24H24FIN4O4/c1-13(2)21(22-27-12-19(28-22)17-8-5-15(26)11-18(17)25)30-23(32)20(29-24(30)33)14-3-6-16(7-4-14)34-10-9-31/h3-8,11-13,20-21,31H,9-10H2,1-2H3,(H,27,28)(H,29,33)/t20?,21-/m0/s1.